The lowest BCUT2D eigenvalue weighted by atomic mass is 10.3. The summed E-state index contributed by atoms with van der Waals surface area (Å²) >= 11 is 24.1. The highest BCUT2D eigenvalue weighted by molar-refractivity contribution is 8.76. The molecule has 0 atom stereocenters. The molecule has 0 unspecified atom stereocenters. The fourth-order valence-electron chi connectivity index (χ4n) is 1.55. The molecule has 0 aromatic heterocycles. The summed E-state index contributed by atoms with van der Waals surface area (Å²) in [6, 6.07) is 4.70. The lowest BCUT2D eigenvalue weighted by Gasteiger charge is -2.08. The van der Waals surface area contributed by atoms with Gasteiger partial charge in [0.2, 0.25) is 0 Å². The number of non-ortho nitro benzene ring substituents is 2. The Hall–Kier alpha value is -0.900. The van der Waals surface area contributed by atoms with E-state index in [1.165, 1.54) is 24.3 Å². The van der Waals surface area contributed by atoms with Gasteiger partial charge in [-0.3, -0.25) is 20.2 Å². The summed E-state index contributed by atoms with van der Waals surface area (Å²) in [4.78, 5) is 21.1. The quantitative estimate of drug-likeness (QED) is 0.282. The molecule has 0 radical (unpaired) electrons. The lowest BCUT2D eigenvalue weighted by molar-refractivity contribution is -0.385. The van der Waals surface area contributed by atoms with Gasteiger partial charge in [0.1, 0.15) is 0 Å². The molecule has 0 amide bonds. The van der Waals surface area contributed by atoms with Crippen molar-refractivity contribution in [1.82, 2.24) is 0 Å². The van der Waals surface area contributed by atoms with Gasteiger partial charge in [-0.25, -0.2) is 0 Å². The third kappa shape index (κ3) is 4.38. The maximum absolute atomic E-state index is 10.8. The summed E-state index contributed by atoms with van der Waals surface area (Å²) in [6.45, 7) is 0. The van der Waals surface area contributed by atoms with Crippen LogP contribution in [-0.2, 0) is 0 Å². The van der Waals surface area contributed by atoms with Crippen molar-refractivity contribution < 1.29 is 9.85 Å². The smallest absolute Gasteiger partial charge is 0.258 e. The first-order chi connectivity index (χ1) is 11.2. The number of rotatable bonds is 5. The van der Waals surface area contributed by atoms with Crippen molar-refractivity contribution in [2.45, 2.75) is 9.79 Å². The average Bonchev–Trinajstić information content (AvgIpc) is 2.47. The van der Waals surface area contributed by atoms with Crippen molar-refractivity contribution in [3.05, 3.63) is 64.6 Å². The predicted molar refractivity (Wildman–Crippen MR) is 97.9 cm³/mol. The predicted octanol–water partition coefficient (Wildman–Crippen LogP) is 6.92. The zero-order valence-corrected chi connectivity index (χ0v) is 15.8. The minimum absolute atomic E-state index is 0.0980. The van der Waals surface area contributed by atoms with Crippen LogP contribution in [0.5, 0.6) is 0 Å². The fourth-order valence-corrected chi connectivity index (χ4v) is 5.81. The van der Waals surface area contributed by atoms with Crippen LogP contribution in [0.2, 0.25) is 20.1 Å². The number of nitrogens with zero attached hydrogens (tertiary/aromatic N) is 2. The molecule has 2 aromatic carbocycles. The van der Waals surface area contributed by atoms with Gasteiger partial charge in [-0.2, -0.15) is 0 Å². The van der Waals surface area contributed by atoms with E-state index in [0.29, 0.717) is 9.79 Å². The highest BCUT2D eigenvalue weighted by atomic mass is 35.5. The first-order valence-corrected chi connectivity index (χ1v) is 9.48. The second kappa shape index (κ2) is 7.99. The van der Waals surface area contributed by atoms with E-state index < -0.39 is 9.85 Å². The van der Waals surface area contributed by atoms with E-state index in [1.54, 1.807) is 0 Å². The van der Waals surface area contributed by atoms with Gasteiger partial charge in [0.25, 0.3) is 11.4 Å². The fraction of sp³-hybridized carbons (Fsp3) is 0. The summed E-state index contributed by atoms with van der Waals surface area (Å²) < 4.78 is 0. The number of benzene rings is 2. The molecular weight excluding hydrogens is 442 g/mol. The van der Waals surface area contributed by atoms with Gasteiger partial charge in [-0.1, -0.05) is 46.4 Å². The van der Waals surface area contributed by atoms with Gasteiger partial charge >= 0.3 is 0 Å². The third-order valence-corrected chi connectivity index (χ3v) is 6.78. The SMILES string of the molecule is O=[N+]([O-])c1cc(Cl)c(SSc2c(Cl)cc([N+](=O)[O-])cc2Cl)c(Cl)c1. The van der Waals surface area contributed by atoms with E-state index in [2.05, 4.69) is 0 Å². The molecule has 12 heteroatoms. The molecule has 6 nitrogen and oxygen atoms in total. The second-order valence-corrected chi connectivity index (χ2v) is 7.94. The molecule has 0 saturated carbocycles. The van der Waals surface area contributed by atoms with Crippen LogP contribution >= 0.6 is 68.0 Å². The molecule has 126 valence electrons. The van der Waals surface area contributed by atoms with Crippen molar-refractivity contribution in [3.63, 3.8) is 0 Å². The van der Waals surface area contributed by atoms with Crippen LogP contribution in [0.1, 0.15) is 0 Å². The Balaban J connectivity index is 2.29. The summed E-state index contributed by atoms with van der Waals surface area (Å²) in [5.41, 5.74) is -0.462. The van der Waals surface area contributed by atoms with Crippen molar-refractivity contribution in [3.8, 4) is 0 Å². The number of halogens is 4. The maximum Gasteiger partial charge on any atom is 0.272 e. The standard InChI is InChI=1S/C12H4Cl4N2O4S2/c13-7-1-5(17(19)20)2-8(14)11(7)23-24-12-9(15)3-6(18(21)22)4-10(12)16/h1-4H. The normalized spacial score (nSPS) is 10.7. The highest BCUT2D eigenvalue weighted by Crippen LogP contribution is 2.49. The minimum Gasteiger partial charge on any atom is -0.258 e. The molecule has 0 heterocycles. The summed E-state index contributed by atoms with van der Waals surface area (Å²) in [7, 11) is 2.16. The van der Waals surface area contributed by atoms with Crippen LogP contribution in [0.3, 0.4) is 0 Å². The number of hydrogen-bond acceptors (Lipinski definition) is 6. The lowest BCUT2D eigenvalue weighted by Crippen LogP contribution is -1.89. The molecule has 0 N–H and O–H groups in total. The van der Waals surface area contributed by atoms with Gasteiger partial charge < -0.3 is 0 Å². The Morgan fingerprint density at radius 2 is 0.917 bits per heavy atom. The third-order valence-electron chi connectivity index (χ3n) is 2.60. The van der Waals surface area contributed by atoms with Crippen LogP contribution in [0.15, 0.2) is 34.1 Å². The Labute approximate surface area is 163 Å². The van der Waals surface area contributed by atoms with Gasteiger partial charge in [-0.15, -0.1) is 0 Å². The van der Waals surface area contributed by atoms with Crippen LogP contribution in [0, 0.1) is 20.2 Å². The average molecular weight is 446 g/mol. The molecular formula is C12H4Cl4N2O4S2. The molecule has 0 fully saturated rings. The molecule has 0 bridgehead atoms. The first kappa shape index (κ1) is 19.4. The summed E-state index contributed by atoms with van der Waals surface area (Å²) in [5.74, 6) is 0. The van der Waals surface area contributed by atoms with Crippen molar-refractivity contribution in [2.24, 2.45) is 0 Å². The molecule has 0 aliphatic carbocycles. The van der Waals surface area contributed by atoms with Crippen molar-refractivity contribution >= 4 is 79.4 Å². The highest BCUT2D eigenvalue weighted by Gasteiger charge is 2.19. The number of hydrogen-bond donors (Lipinski definition) is 0. The molecule has 0 saturated heterocycles. The van der Waals surface area contributed by atoms with E-state index in [-0.39, 0.29) is 31.5 Å². The van der Waals surface area contributed by atoms with Crippen molar-refractivity contribution in [2.75, 3.05) is 0 Å². The zero-order valence-electron chi connectivity index (χ0n) is 11.2. The maximum atomic E-state index is 10.8. The van der Waals surface area contributed by atoms with Gasteiger partial charge in [0, 0.05) is 24.3 Å². The Morgan fingerprint density at radius 3 is 1.12 bits per heavy atom. The van der Waals surface area contributed by atoms with E-state index in [4.69, 9.17) is 46.4 Å². The first-order valence-electron chi connectivity index (χ1n) is 5.82. The molecule has 2 aromatic rings. The second-order valence-electron chi connectivity index (χ2n) is 4.16. The molecule has 24 heavy (non-hydrogen) atoms. The van der Waals surface area contributed by atoms with E-state index in [0.717, 1.165) is 21.6 Å². The molecule has 0 spiro atoms. The summed E-state index contributed by atoms with van der Waals surface area (Å²) in [6.07, 6.45) is 0. The summed E-state index contributed by atoms with van der Waals surface area (Å²) in [5, 5.41) is 21.9. The van der Waals surface area contributed by atoms with Crippen LogP contribution in [0.4, 0.5) is 11.4 Å². The number of nitro benzene ring substituents is 2. The molecule has 0 aliphatic heterocycles. The molecule has 0 aliphatic rings. The van der Waals surface area contributed by atoms with Crippen LogP contribution in [0.25, 0.3) is 0 Å². The van der Waals surface area contributed by atoms with Gasteiger partial charge in [0.05, 0.1) is 39.7 Å². The monoisotopic (exact) mass is 444 g/mol. The van der Waals surface area contributed by atoms with Crippen molar-refractivity contribution in [1.29, 1.82) is 0 Å². The molecule has 2 rings (SSSR count). The van der Waals surface area contributed by atoms with E-state index in [9.17, 15) is 20.2 Å². The largest absolute Gasteiger partial charge is 0.272 e. The topological polar surface area (TPSA) is 86.3 Å². The Bertz CT molecular complexity index is 734. The Morgan fingerprint density at radius 1 is 0.667 bits per heavy atom. The zero-order chi connectivity index (χ0) is 18.0. The van der Waals surface area contributed by atoms with Gasteiger partial charge in [-0.05, 0) is 21.6 Å². The minimum atomic E-state index is -0.608. The van der Waals surface area contributed by atoms with Crippen LogP contribution in [-0.4, -0.2) is 9.85 Å². The van der Waals surface area contributed by atoms with Gasteiger partial charge in [0.15, 0.2) is 0 Å². The van der Waals surface area contributed by atoms with Crippen LogP contribution < -0.4 is 0 Å². The Kier molecular flexibility index (Phi) is 6.46. The van der Waals surface area contributed by atoms with E-state index >= 15 is 0 Å². The number of nitro groups is 2. The van der Waals surface area contributed by atoms with E-state index in [1.807, 2.05) is 0 Å².